The number of hydrogen-bond donors (Lipinski definition) is 1. The second-order valence-electron chi connectivity index (χ2n) is 11.2. The summed E-state index contributed by atoms with van der Waals surface area (Å²) in [5.41, 5.74) is 5.19. The highest BCUT2D eigenvalue weighted by Gasteiger charge is 2.37. The monoisotopic (exact) mass is 534 g/mol. The number of halogens is 1. The summed E-state index contributed by atoms with van der Waals surface area (Å²) in [6, 6.07) is 19.7. The zero-order chi connectivity index (χ0) is 27.4. The van der Waals surface area contributed by atoms with Gasteiger partial charge >= 0.3 is 5.97 Å². The molecular weight excluding hydrogens is 495 g/mol. The van der Waals surface area contributed by atoms with Crippen LogP contribution in [0.25, 0.3) is 11.1 Å². The molecule has 3 aromatic rings. The molecule has 1 saturated carbocycles. The van der Waals surface area contributed by atoms with Crippen LogP contribution in [0.1, 0.15) is 81.9 Å². The molecule has 3 aromatic carbocycles. The van der Waals surface area contributed by atoms with Crippen LogP contribution in [-0.2, 0) is 10.5 Å². The standard InChI is InChI=1S/C33H39FO3S/c1-6-26(21(2)32(35)36)23-9-7-10-25(18-23)38-20-22-12-14-27(29-19-24(37-5)13-15-31(29)34)28(17-22)30-11-8-16-33(30,3)4/h7,9-10,12-15,17-19,21,26,30H,6,8,11,16,20H2,1-5H3,(H,35,36)/t21?,26-,30+/m0/s1. The number of benzene rings is 3. The van der Waals surface area contributed by atoms with Gasteiger partial charge in [-0.15, -0.1) is 11.8 Å². The lowest BCUT2D eigenvalue weighted by Crippen LogP contribution is -2.18. The molecule has 0 amide bonds. The molecule has 1 aliphatic rings. The van der Waals surface area contributed by atoms with Crippen molar-refractivity contribution < 1.29 is 19.0 Å². The molecule has 0 spiro atoms. The third-order valence-corrected chi connectivity index (χ3v) is 9.40. The summed E-state index contributed by atoms with van der Waals surface area (Å²) in [4.78, 5) is 12.7. The molecule has 5 heteroatoms. The maximum atomic E-state index is 15.1. The van der Waals surface area contributed by atoms with Crippen LogP contribution in [0.2, 0.25) is 0 Å². The molecule has 202 valence electrons. The van der Waals surface area contributed by atoms with Crippen molar-refractivity contribution in [2.24, 2.45) is 11.3 Å². The molecule has 38 heavy (non-hydrogen) atoms. The molecule has 1 fully saturated rings. The maximum absolute atomic E-state index is 15.1. The van der Waals surface area contributed by atoms with Crippen molar-refractivity contribution in [1.82, 2.24) is 0 Å². The van der Waals surface area contributed by atoms with Gasteiger partial charge in [-0.05, 0) is 89.1 Å². The van der Waals surface area contributed by atoms with E-state index in [4.69, 9.17) is 4.74 Å². The number of thioether (sulfide) groups is 1. The average molecular weight is 535 g/mol. The van der Waals surface area contributed by atoms with Crippen molar-refractivity contribution >= 4 is 17.7 Å². The smallest absolute Gasteiger partial charge is 0.306 e. The van der Waals surface area contributed by atoms with Gasteiger partial charge in [-0.25, -0.2) is 4.39 Å². The van der Waals surface area contributed by atoms with Crippen LogP contribution in [0.3, 0.4) is 0 Å². The van der Waals surface area contributed by atoms with E-state index in [1.807, 2.05) is 19.1 Å². The SMILES string of the molecule is CC[C@H](c1cccc(SCc2ccc(-c3cc(OC)ccc3F)c([C@H]3CCCC3(C)C)c2)c1)C(C)C(=O)O. The Morgan fingerprint density at radius 3 is 2.58 bits per heavy atom. The average Bonchev–Trinajstić information content (AvgIpc) is 3.27. The Morgan fingerprint density at radius 1 is 1.13 bits per heavy atom. The van der Waals surface area contributed by atoms with E-state index >= 15 is 4.39 Å². The summed E-state index contributed by atoms with van der Waals surface area (Å²) in [7, 11) is 1.61. The van der Waals surface area contributed by atoms with Gasteiger partial charge in [0.15, 0.2) is 0 Å². The molecule has 4 rings (SSSR count). The van der Waals surface area contributed by atoms with E-state index < -0.39 is 11.9 Å². The quantitative estimate of drug-likeness (QED) is 0.263. The van der Waals surface area contributed by atoms with Crippen molar-refractivity contribution in [1.29, 1.82) is 0 Å². The Bertz CT molecular complexity index is 1280. The molecular formula is C33H39FO3S. The van der Waals surface area contributed by atoms with Gasteiger partial charge in [0.1, 0.15) is 11.6 Å². The predicted octanol–water partition coefficient (Wildman–Crippen LogP) is 9.30. The molecule has 0 aliphatic heterocycles. The predicted molar refractivity (Wildman–Crippen MR) is 155 cm³/mol. The Labute approximate surface area is 230 Å². The van der Waals surface area contributed by atoms with Crippen molar-refractivity contribution in [2.75, 3.05) is 7.11 Å². The van der Waals surface area contributed by atoms with Crippen LogP contribution in [0, 0.1) is 17.2 Å². The second-order valence-corrected chi connectivity index (χ2v) is 12.3. The molecule has 3 atom stereocenters. The third kappa shape index (κ3) is 6.09. The van der Waals surface area contributed by atoms with E-state index in [9.17, 15) is 9.90 Å². The molecule has 1 aliphatic carbocycles. The summed E-state index contributed by atoms with van der Waals surface area (Å²) >= 11 is 1.76. The molecule has 0 saturated heterocycles. The van der Waals surface area contributed by atoms with Gasteiger partial charge in [0.2, 0.25) is 0 Å². The number of ether oxygens (including phenoxy) is 1. The molecule has 1 N–H and O–H groups in total. The number of carboxylic acids is 1. The van der Waals surface area contributed by atoms with Gasteiger partial charge in [0.05, 0.1) is 13.0 Å². The largest absolute Gasteiger partial charge is 0.497 e. The molecule has 1 unspecified atom stereocenters. The van der Waals surface area contributed by atoms with Crippen LogP contribution < -0.4 is 4.74 Å². The maximum Gasteiger partial charge on any atom is 0.306 e. The Morgan fingerprint density at radius 2 is 1.92 bits per heavy atom. The normalized spacial score (nSPS) is 18.2. The summed E-state index contributed by atoms with van der Waals surface area (Å²) in [6.07, 6.45) is 4.22. The lowest BCUT2D eigenvalue weighted by atomic mass is 9.75. The lowest BCUT2D eigenvalue weighted by molar-refractivity contribution is -0.141. The highest BCUT2D eigenvalue weighted by molar-refractivity contribution is 7.98. The minimum Gasteiger partial charge on any atom is -0.497 e. The molecule has 3 nitrogen and oxygen atoms in total. The topological polar surface area (TPSA) is 46.5 Å². The number of rotatable bonds is 10. The summed E-state index contributed by atoms with van der Waals surface area (Å²) < 4.78 is 20.5. The number of carbonyl (C=O) groups is 1. The first kappa shape index (κ1) is 28.2. The zero-order valence-electron chi connectivity index (χ0n) is 23.1. The molecule has 0 radical (unpaired) electrons. The van der Waals surface area contributed by atoms with Crippen LogP contribution >= 0.6 is 11.8 Å². The van der Waals surface area contributed by atoms with E-state index in [1.54, 1.807) is 37.9 Å². The third-order valence-electron chi connectivity index (χ3n) is 8.34. The van der Waals surface area contributed by atoms with Crippen LogP contribution in [-0.4, -0.2) is 18.2 Å². The van der Waals surface area contributed by atoms with Crippen molar-refractivity contribution in [3.05, 3.63) is 83.2 Å². The van der Waals surface area contributed by atoms with Crippen molar-refractivity contribution in [2.45, 2.75) is 75.9 Å². The Kier molecular flexibility index (Phi) is 8.87. The summed E-state index contributed by atoms with van der Waals surface area (Å²) in [5, 5.41) is 9.53. The zero-order valence-corrected chi connectivity index (χ0v) is 23.9. The van der Waals surface area contributed by atoms with Gasteiger partial charge in [-0.3, -0.25) is 4.79 Å². The lowest BCUT2D eigenvalue weighted by Gasteiger charge is -2.30. The number of aliphatic carboxylic acids is 1. The van der Waals surface area contributed by atoms with Crippen molar-refractivity contribution in [3.8, 4) is 16.9 Å². The van der Waals surface area contributed by atoms with Gasteiger partial charge < -0.3 is 9.84 Å². The van der Waals surface area contributed by atoms with E-state index in [2.05, 4.69) is 44.2 Å². The van der Waals surface area contributed by atoms with E-state index in [0.717, 1.165) is 41.0 Å². The Hall–Kier alpha value is -2.79. The van der Waals surface area contributed by atoms with Gasteiger partial charge in [-0.2, -0.15) is 0 Å². The number of hydrogen-bond acceptors (Lipinski definition) is 3. The summed E-state index contributed by atoms with van der Waals surface area (Å²) in [5.74, 6) is 0.367. The van der Waals surface area contributed by atoms with Gasteiger partial charge in [0.25, 0.3) is 0 Å². The summed E-state index contributed by atoms with van der Waals surface area (Å²) in [6.45, 7) is 8.48. The first-order chi connectivity index (χ1) is 18.1. The Balaban J connectivity index is 1.65. The highest BCUT2D eigenvalue weighted by Crippen LogP contribution is 2.51. The first-order valence-electron chi connectivity index (χ1n) is 13.6. The fourth-order valence-electron chi connectivity index (χ4n) is 6.03. The fraction of sp³-hybridized carbons (Fsp3) is 0.424. The minimum atomic E-state index is -0.759. The number of methoxy groups -OCH3 is 1. The van der Waals surface area contributed by atoms with E-state index in [-0.39, 0.29) is 17.2 Å². The minimum absolute atomic E-state index is 0.0127. The number of carboxylic acid groups (broad SMARTS) is 1. The fourth-order valence-corrected chi connectivity index (χ4v) is 6.94. The van der Waals surface area contributed by atoms with E-state index in [0.29, 0.717) is 17.2 Å². The molecule has 0 aromatic heterocycles. The first-order valence-corrected chi connectivity index (χ1v) is 14.6. The van der Waals surface area contributed by atoms with Crippen LogP contribution in [0.4, 0.5) is 4.39 Å². The van der Waals surface area contributed by atoms with E-state index in [1.165, 1.54) is 23.6 Å². The highest BCUT2D eigenvalue weighted by atomic mass is 32.2. The second kappa shape index (κ2) is 11.9. The van der Waals surface area contributed by atoms with Crippen LogP contribution in [0.5, 0.6) is 5.75 Å². The molecule has 0 heterocycles. The van der Waals surface area contributed by atoms with Crippen molar-refractivity contribution in [3.63, 3.8) is 0 Å². The van der Waals surface area contributed by atoms with Gasteiger partial charge in [-0.1, -0.05) is 64.4 Å². The van der Waals surface area contributed by atoms with Gasteiger partial charge in [0, 0.05) is 16.2 Å². The van der Waals surface area contributed by atoms with Crippen LogP contribution in [0.15, 0.2) is 65.6 Å². The molecule has 0 bridgehead atoms.